The molecule has 0 fully saturated rings. The zero-order chi connectivity index (χ0) is 15.7. The standard InChI is InChI=1S/C17H12Cl3NO/c18-6-5-10-1-4-16-13(7-10)14(17(22)21-16)8-11-2-3-12(19)9-15(11)20/h1-4,7-9H,5-6H2,(H,21,22). The monoisotopic (exact) mass is 351 g/mol. The van der Waals surface area contributed by atoms with Crippen molar-refractivity contribution in [1.29, 1.82) is 0 Å². The molecule has 0 radical (unpaired) electrons. The van der Waals surface area contributed by atoms with E-state index in [9.17, 15) is 4.79 Å². The lowest BCUT2D eigenvalue weighted by atomic mass is 10.0. The molecule has 0 atom stereocenters. The number of anilines is 1. The Bertz CT molecular complexity index is 783. The van der Waals surface area contributed by atoms with Gasteiger partial charge in [0.2, 0.25) is 0 Å². The van der Waals surface area contributed by atoms with Crippen LogP contribution in [0.5, 0.6) is 0 Å². The minimum absolute atomic E-state index is 0.135. The molecule has 1 heterocycles. The van der Waals surface area contributed by atoms with Crippen molar-refractivity contribution in [2.24, 2.45) is 0 Å². The molecule has 1 aliphatic heterocycles. The average molecular weight is 353 g/mol. The van der Waals surface area contributed by atoms with Crippen LogP contribution in [0.3, 0.4) is 0 Å². The number of aryl methyl sites for hydroxylation is 1. The van der Waals surface area contributed by atoms with Crippen LogP contribution in [-0.2, 0) is 11.2 Å². The van der Waals surface area contributed by atoms with Crippen LogP contribution in [0.25, 0.3) is 11.6 Å². The maximum Gasteiger partial charge on any atom is 0.256 e. The van der Waals surface area contributed by atoms with E-state index in [-0.39, 0.29) is 5.91 Å². The van der Waals surface area contributed by atoms with Crippen molar-refractivity contribution in [2.45, 2.75) is 6.42 Å². The predicted molar refractivity (Wildman–Crippen MR) is 93.8 cm³/mol. The molecular weight excluding hydrogens is 341 g/mol. The molecular formula is C17H12Cl3NO. The Balaban J connectivity index is 2.07. The summed E-state index contributed by atoms with van der Waals surface area (Å²) in [4.78, 5) is 12.2. The van der Waals surface area contributed by atoms with Gasteiger partial charge in [0.25, 0.3) is 5.91 Å². The van der Waals surface area contributed by atoms with Crippen LogP contribution in [0.1, 0.15) is 16.7 Å². The van der Waals surface area contributed by atoms with E-state index < -0.39 is 0 Å². The van der Waals surface area contributed by atoms with E-state index in [1.807, 2.05) is 18.2 Å². The van der Waals surface area contributed by atoms with Crippen molar-refractivity contribution in [3.05, 3.63) is 63.1 Å². The molecule has 0 bridgehead atoms. The van der Waals surface area contributed by atoms with E-state index in [0.717, 1.165) is 28.8 Å². The first-order valence-electron chi connectivity index (χ1n) is 6.76. The third kappa shape index (κ3) is 3.00. The first-order chi connectivity index (χ1) is 10.6. The van der Waals surface area contributed by atoms with Gasteiger partial charge in [-0.15, -0.1) is 11.6 Å². The Morgan fingerprint density at radius 2 is 1.91 bits per heavy atom. The maximum absolute atomic E-state index is 12.2. The number of hydrogen-bond donors (Lipinski definition) is 1. The van der Waals surface area contributed by atoms with Gasteiger partial charge in [0, 0.05) is 32.7 Å². The molecule has 22 heavy (non-hydrogen) atoms. The summed E-state index contributed by atoms with van der Waals surface area (Å²) < 4.78 is 0. The molecule has 0 aliphatic carbocycles. The Hall–Kier alpha value is -1.48. The van der Waals surface area contributed by atoms with Crippen molar-refractivity contribution in [3.8, 4) is 0 Å². The summed E-state index contributed by atoms with van der Waals surface area (Å²) in [5, 5.41) is 3.93. The number of halogens is 3. The molecule has 1 aliphatic rings. The molecule has 5 heteroatoms. The molecule has 0 aromatic heterocycles. The van der Waals surface area contributed by atoms with Gasteiger partial charge in [-0.1, -0.05) is 35.3 Å². The first-order valence-corrected chi connectivity index (χ1v) is 8.05. The molecule has 1 amide bonds. The Labute approximate surface area is 143 Å². The molecule has 2 aromatic rings. The van der Waals surface area contributed by atoms with E-state index in [1.165, 1.54) is 0 Å². The fourth-order valence-corrected chi connectivity index (χ4v) is 3.10. The van der Waals surface area contributed by atoms with E-state index in [1.54, 1.807) is 24.3 Å². The Morgan fingerprint density at radius 1 is 1.09 bits per heavy atom. The summed E-state index contributed by atoms with van der Waals surface area (Å²) in [5.41, 5.74) is 4.12. The lowest BCUT2D eigenvalue weighted by Crippen LogP contribution is -2.03. The highest BCUT2D eigenvalue weighted by molar-refractivity contribution is 6.38. The smallest absolute Gasteiger partial charge is 0.256 e. The molecule has 0 unspecified atom stereocenters. The zero-order valence-electron chi connectivity index (χ0n) is 11.5. The maximum atomic E-state index is 12.2. The van der Waals surface area contributed by atoms with Gasteiger partial charge in [-0.2, -0.15) is 0 Å². The first kappa shape index (κ1) is 15.4. The van der Waals surface area contributed by atoms with Gasteiger partial charge in [0.1, 0.15) is 0 Å². The molecule has 1 N–H and O–H groups in total. The summed E-state index contributed by atoms with van der Waals surface area (Å²) in [6, 6.07) is 11.1. The summed E-state index contributed by atoms with van der Waals surface area (Å²) in [5.74, 6) is 0.409. The second-order valence-corrected chi connectivity index (χ2v) is 6.22. The highest BCUT2D eigenvalue weighted by Gasteiger charge is 2.24. The molecule has 112 valence electrons. The van der Waals surface area contributed by atoms with Crippen molar-refractivity contribution < 1.29 is 4.79 Å². The van der Waals surface area contributed by atoms with Crippen molar-refractivity contribution in [3.63, 3.8) is 0 Å². The number of nitrogens with one attached hydrogen (secondary N) is 1. The minimum Gasteiger partial charge on any atom is -0.321 e. The van der Waals surface area contributed by atoms with Gasteiger partial charge < -0.3 is 5.32 Å². The Kier molecular flexibility index (Phi) is 4.44. The number of carbonyl (C=O) groups is 1. The highest BCUT2D eigenvalue weighted by Crippen LogP contribution is 2.35. The van der Waals surface area contributed by atoms with Gasteiger partial charge in [-0.05, 0) is 47.9 Å². The number of benzene rings is 2. The summed E-state index contributed by atoms with van der Waals surface area (Å²) in [7, 11) is 0. The summed E-state index contributed by atoms with van der Waals surface area (Å²) >= 11 is 17.9. The lowest BCUT2D eigenvalue weighted by Gasteiger charge is -2.04. The number of fused-ring (bicyclic) bond motifs is 1. The number of hydrogen-bond acceptors (Lipinski definition) is 1. The molecule has 0 spiro atoms. The largest absolute Gasteiger partial charge is 0.321 e. The van der Waals surface area contributed by atoms with Gasteiger partial charge in [0.15, 0.2) is 0 Å². The highest BCUT2D eigenvalue weighted by atomic mass is 35.5. The summed E-state index contributed by atoms with van der Waals surface area (Å²) in [6.07, 6.45) is 2.54. The average Bonchev–Trinajstić information content (AvgIpc) is 2.78. The van der Waals surface area contributed by atoms with Crippen molar-refractivity contribution >= 4 is 58.0 Å². The van der Waals surface area contributed by atoms with Gasteiger partial charge >= 0.3 is 0 Å². The van der Waals surface area contributed by atoms with Gasteiger partial charge in [0.05, 0.1) is 0 Å². The van der Waals surface area contributed by atoms with Crippen LogP contribution in [0.15, 0.2) is 36.4 Å². The normalized spacial score (nSPS) is 15.0. The number of carbonyl (C=O) groups excluding carboxylic acids is 1. The minimum atomic E-state index is -0.135. The predicted octanol–water partition coefficient (Wildman–Crippen LogP) is 5.27. The number of amides is 1. The van der Waals surface area contributed by atoms with Crippen LogP contribution < -0.4 is 5.32 Å². The van der Waals surface area contributed by atoms with Crippen LogP contribution in [0.2, 0.25) is 10.0 Å². The van der Waals surface area contributed by atoms with E-state index in [4.69, 9.17) is 34.8 Å². The van der Waals surface area contributed by atoms with Crippen molar-refractivity contribution in [1.82, 2.24) is 0 Å². The number of alkyl halides is 1. The second kappa shape index (κ2) is 6.33. The van der Waals surface area contributed by atoms with E-state index in [0.29, 0.717) is 21.5 Å². The zero-order valence-corrected chi connectivity index (χ0v) is 13.8. The third-order valence-corrected chi connectivity index (χ3v) is 4.26. The van der Waals surface area contributed by atoms with E-state index >= 15 is 0 Å². The van der Waals surface area contributed by atoms with Crippen molar-refractivity contribution in [2.75, 3.05) is 11.2 Å². The summed E-state index contributed by atoms with van der Waals surface area (Å²) in [6.45, 7) is 0. The third-order valence-electron chi connectivity index (χ3n) is 3.51. The fraction of sp³-hybridized carbons (Fsp3) is 0.118. The molecule has 0 saturated heterocycles. The Morgan fingerprint density at radius 3 is 2.64 bits per heavy atom. The number of rotatable bonds is 3. The topological polar surface area (TPSA) is 29.1 Å². The molecule has 2 nitrogen and oxygen atoms in total. The molecule has 0 saturated carbocycles. The van der Waals surface area contributed by atoms with Gasteiger partial charge in [-0.3, -0.25) is 4.79 Å². The van der Waals surface area contributed by atoms with Gasteiger partial charge in [-0.25, -0.2) is 0 Å². The molecule has 3 rings (SSSR count). The van der Waals surface area contributed by atoms with E-state index in [2.05, 4.69) is 5.32 Å². The SMILES string of the molecule is O=C1Nc2ccc(CCCl)cc2C1=Cc1ccc(Cl)cc1Cl. The quantitative estimate of drug-likeness (QED) is 0.592. The van der Waals surface area contributed by atoms with Crippen LogP contribution in [-0.4, -0.2) is 11.8 Å². The van der Waals surface area contributed by atoms with Crippen LogP contribution in [0, 0.1) is 0 Å². The lowest BCUT2D eigenvalue weighted by molar-refractivity contribution is -0.110. The van der Waals surface area contributed by atoms with Crippen LogP contribution >= 0.6 is 34.8 Å². The second-order valence-electron chi connectivity index (χ2n) is 5.00. The van der Waals surface area contributed by atoms with Crippen LogP contribution in [0.4, 0.5) is 5.69 Å². The molecule has 2 aromatic carbocycles. The fourth-order valence-electron chi connectivity index (χ4n) is 2.42.